The van der Waals surface area contributed by atoms with Gasteiger partial charge in [-0.05, 0) is 70.3 Å². The maximum Gasteiger partial charge on any atom is 0.422 e. The molecular weight excluding hydrogens is 403 g/mol. The summed E-state index contributed by atoms with van der Waals surface area (Å²) in [5, 5.41) is 0. The number of rotatable bonds is 6. The molecule has 0 aromatic carbocycles. The van der Waals surface area contributed by atoms with Crippen LogP contribution in [-0.4, -0.2) is 61.6 Å². The minimum Gasteiger partial charge on any atom is -0.481 e. The number of aliphatic imine (C=N–C) groups is 1. The van der Waals surface area contributed by atoms with Crippen LogP contribution in [0.5, 0.6) is 0 Å². The van der Waals surface area contributed by atoms with Crippen LogP contribution in [0.15, 0.2) is 38.7 Å². The van der Waals surface area contributed by atoms with Crippen LogP contribution in [0.4, 0.5) is 13.2 Å². The monoisotopic (exact) mass is 439 g/mol. The molecule has 0 aromatic heterocycles. The van der Waals surface area contributed by atoms with Crippen molar-refractivity contribution in [3.8, 4) is 0 Å². The van der Waals surface area contributed by atoms with Crippen molar-refractivity contribution in [3.63, 3.8) is 0 Å². The van der Waals surface area contributed by atoms with E-state index in [0.717, 1.165) is 60.5 Å². The zero-order valence-electron chi connectivity index (χ0n) is 19.9. The van der Waals surface area contributed by atoms with Crippen molar-refractivity contribution in [2.75, 3.05) is 33.8 Å². The summed E-state index contributed by atoms with van der Waals surface area (Å²) in [6.45, 7) is 11.1. The molecule has 0 saturated carbocycles. The van der Waals surface area contributed by atoms with Crippen molar-refractivity contribution in [2.45, 2.75) is 66.1 Å². The van der Waals surface area contributed by atoms with Gasteiger partial charge in [-0.15, -0.1) is 0 Å². The normalized spacial score (nSPS) is 24.3. The lowest BCUT2D eigenvalue weighted by Crippen LogP contribution is -2.41. The van der Waals surface area contributed by atoms with E-state index in [9.17, 15) is 13.2 Å². The number of fused-ring (bicyclic) bond motifs is 1. The number of likely N-dealkylation sites (tertiary alicyclic amines) is 1. The zero-order valence-corrected chi connectivity index (χ0v) is 19.9. The molecule has 4 nitrogen and oxygen atoms in total. The predicted octanol–water partition coefficient (Wildman–Crippen LogP) is 5.54. The Morgan fingerprint density at radius 2 is 1.77 bits per heavy atom. The topological polar surface area (TPSA) is 28.1 Å². The van der Waals surface area contributed by atoms with Gasteiger partial charge in [-0.3, -0.25) is 0 Å². The van der Waals surface area contributed by atoms with E-state index in [1.54, 1.807) is 0 Å². The van der Waals surface area contributed by atoms with Gasteiger partial charge in [0.2, 0.25) is 0 Å². The fourth-order valence-electron chi connectivity index (χ4n) is 4.92. The summed E-state index contributed by atoms with van der Waals surface area (Å²) in [4.78, 5) is 9.44. The molecule has 31 heavy (non-hydrogen) atoms. The molecule has 0 radical (unpaired) electrons. The van der Waals surface area contributed by atoms with Crippen molar-refractivity contribution >= 4 is 5.84 Å². The van der Waals surface area contributed by atoms with Gasteiger partial charge in [0.15, 0.2) is 12.4 Å². The highest BCUT2D eigenvalue weighted by Crippen LogP contribution is 2.47. The molecule has 1 aliphatic carbocycles. The lowest BCUT2D eigenvalue weighted by atomic mass is 9.90. The number of amidine groups is 1. The van der Waals surface area contributed by atoms with Crippen LogP contribution in [0.1, 0.15) is 53.9 Å². The van der Waals surface area contributed by atoms with Crippen molar-refractivity contribution in [3.05, 3.63) is 33.7 Å². The van der Waals surface area contributed by atoms with Crippen LogP contribution in [0, 0.1) is 11.8 Å². The number of piperidine rings is 1. The van der Waals surface area contributed by atoms with Crippen molar-refractivity contribution < 1.29 is 17.9 Å². The van der Waals surface area contributed by atoms with Crippen molar-refractivity contribution in [1.82, 2.24) is 9.80 Å². The summed E-state index contributed by atoms with van der Waals surface area (Å²) in [6.07, 6.45) is -1.62. The summed E-state index contributed by atoms with van der Waals surface area (Å²) in [7, 11) is 4.15. The Labute approximate surface area is 184 Å². The molecule has 2 aliphatic heterocycles. The van der Waals surface area contributed by atoms with Crippen LogP contribution in [0.2, 0.25) is 0 Å². The van der Waals surface area contributed by atoms with Gasteiger partial charge in [0, 0.05) is 18.5 Å². The molecule has 1 atom stereocenters. The van der Waals surface area contributed by atoms with E-state index in [2.05, 4.69) is 44.5 Å². The first-order valence-corrected chi connectivity index (χ1v) is 11.3. The molecule has 3 rings (SSSR count). The summed E-state index contributed by atoms with van der Waals surface area (Å²) in [6, 6.07) is -0.132. The van der Waals surface area contributed by atoms with E-state index in [1.165, 1.54) is 0 Å². The van der Waals surface area contributed by atoms with Crippen LogP contribution in [-0.2, 0) is 4.74 Å². The molecule has 3 aliphatic rings. The third-order valence-corrected chi connectivity index (χ3v) is 7.03. The first-order chi connectivity index (χ1) is 14.5. The number of alkyl halides is 3. The summed E-state index contributed by atoms with van der Waals surface area (Å²) >= 11 is 0. The standard InChI is InChI=1S/C24H36F3N3O/c1-8-18-19(16(5)15(4)14(2)3)22(31-13-24(25,26)27)20-21(18)30(7)23(28-20)17-9-11-29(6)12-10-17/h14,17,21H,8-13H2,1-7H3/b16-15+. The SMILES string of the molecule is CCC1=C(/C(C)=C(\C)C(C)C)C(OCC(F)(F)F)=C2N=C(C3CCN(C)CC3)N(C)C12. The van der Waals surface area contributed by atoms with Gasteiger partial charge in [-0.1, -0.05) is 26.3 Å². The van der Waals surface area contributed by atoms with E-state index < -0.39 is 12.8 Å². The molecule has 0 aromatic rings. The minimum atomic E-state index is -4.39. The third kappa shape index (κ3) is 4.71. The lowest BCUT2D eigenvalue weighted by Gasteiger charge is -2.33. The third-order valence-electron chi connectivity index (χ3n) is 7.03. The summed E-state index contributed by atoms with van der Waals surface area (Å²) in [5.74, 6) is 1.95. The Kier molecular flexibility index (Phi) is 6.94. The summed E-state index contributed by atoms with van der Waals surface area (Å²) < 4.78 is 44.8. The molecule has 7 heteroatoms. The molecule has 1 fully saturated rings. The van der Waals surface area contributed by atoms with Gasteiger partial charge in [0.05, 0.1) is 6.04 Å². The first-order valence-electron chi connectivity index (χ1n) is 11.3. The smallest absolute Gasteiger partial charge is 0.422 e. The number of ether oxygens (including phenoxy) is 1. The van der Waals surface area contributed by atoms with E-state index in [-0.39, 0.29) is 6.04 Å². The molecule has 1 saturated heterocycles. The molecule has 0 N–H and O–H groups in total. The van der Waals surface area contributed by atoms with Gasteiger partial charge < -0.3 is 14.5 Å². The van der Waals surface area contributed by atoms with Crippen LogP contribution < -0.4 is 0 Å². The highest BCUT2D eigenvalue weighted by molar-refractivity contribution is 5.90. The second-order valence-electron chi connectivity index (χ2n) is 9.40. The Balaban J connectivity index is 2.08. The lowest BCUT2D eigenvalue weighted by molar-refractivity contribution is -0.164. The second kappa shape index (κ2) is 9.00. The quantitative estimate of drug-likeness (QED) is 0.544. The molecule has 2 heterocycles. The zero-order chi connectivity index (χ0) is 23.1. The van der Waals surface area contributed by atoms with Gasteiger partial charge in [0.25, 0.3) is 0 Å². The van der Waals surface area contributed by atoms with Gasteiger partial charge in [-0.2, -0.15) is 13.2 Å². The molecule has 0 bridgehead atoms. The van der Waals surface area contributed by atoms with E-state index in [4.69, 9.17) is 9.73 Å². The number of allylic oxidation sites excluding steroid dienone is 2. The molecule has 0 amide bonds. The van der Waals surface area contributed by atoms with E-state index >= 15 is 0 Å². The van der Waals surface area contributed by atoms with Gasteiger partial charge in [0.1, 0.15) is 11.5 Å². The Hall–Kier alpha value is -1.76. The second-order valence-corrected chi connectivity index (χ2v) is 9.40. The average Bonchev–Trinajstić information content (AvgIpc) is 3.19. The maximum absolute atomic E-state index is 13.1. The van der Waals surface area contributed by atoms with Crippen molar-refractivity contribution in [2.24, 2.45) is 16.8 Å². The highest BCUT2D eigenvalue weighted by Gasteiger charge is 2.45. The van der Waals surface area contributed by atoms with Gasteiger partial charge in [-0.25, -0.2) is 4.99 Å². The number of likely N-dealkylation sites (N-methyl/N-ethyl adjacent to an activating group) is 1. The number of hydrogen-bond donors (Lipinski definition) is 0. The Morgan fingerprint density at radius 3 is 2.29 bits per heavy atom. The number of nitrogens with zero attached hydrogens (tertiary/aromatic N) is 3. The Morgan fingerprint density at radius 1 is 1.16 bits per heavy atom. The Bertz CT molecular complexity index is 827. The maximum atomic E-state index is 13.1. The van der Waals surface area contributed by atoms with Crippen LogP contribution in [0.25, 0.3) is 0 Å². The molecular formula is C24H36F3N3O. The average molecular weight is 440 g/mol. The predicted molar refractivity (Wildman–Crippen MR) is 119 cm³/mol. The highest BCUT2D eigenvalue weighted by atomic mass is 19.4. The number of halogens is 3. The molecule has 0 spiro atoms. The largest absolute Gasteiger partial charge is 0.481 e. The summed E-state index contributed by atoms with van der Waals surface area (Å²) in [5.41, 5.74) is 4.77. The van der Waals surface area contributed by atoms with Crippen LogP contribution >= 0.6 is 0 Å². The van der Waals surface area contributed by atoms with Gasteiger partial charge >= 0.3 is 6.18 Å². The van der Waals surface area contributed by atoms with Crippen molar-refractivity contribution in [1.29, 1.82) is 0 Å². The van der Waals surface area contributed by atoms with E-state index in [0.29, 0.717) is 23.3 Å². The molecule has 174 valence electrons. The van der Waals surface area contributed by atoms with E-state index in [1.807, 2.05) is 14.0 Å². The fraction of sp³-hybridized carbons (Fsp3) is 0.708. The molecule has 1 unspecified atom stereocenters. The first kappa shape index (κ1) is 23.9. The number of hydrogen-bond acceptors (Lipinski definition) is 4. The van der Waals surface area contributed by atoms with Crippen LogP contribution in [0.3, 0.4) is 0 Å². The fourth-order valence-corrected chi connectivity index (χ4v) is 4.92. The minimum absolute atomic E-state index is 0.132.